The van der Waals surface area contributed by atoms with Gasteiger partial charge in [0.15, 0.2) is 11.5 Å². The summed E-state index contributed by atoms with van der Waals surface area (Å²) in [5.74, 6) is 1.69. The van der Waals surface area contributed by atoms with Gasteiger partial charge in [0.05, 0.1) is 25.4 Å². The van der Waals surface area contributed by atoms with Crippen LogP contribution in [-0.4, -0.2) is 32.2 Å². The Morgan fingerprint density at radius 2 is 1.37 bits per heavy atom. The molecule has 3 rings (SSSR count). The van der Waals surface area contributed by atoms with Gasteiger partial charge in [0.2, 0.25) is 6.79 Å². The Balaban J connectivity index is 0.000000141. The van der Waals surface area contributed by atoms with Crippen molar-refractivity contribution < 1.29 is 18.9 Å². The summed E-state index contributed by atoms with van der Waals surface area (Å²) in [5.41, 5.74) is 0. The highest BCUT2D eigenvalue weighted by atomic mass is 16.7. The largest absolute Gasteiger partial charge is 0.454 e. The predicted molar refractivity (Wildman–Crippen MR) is 72.6 cm³/mol. The van der Waals surface area contributed by atoms with E-state index in [4.69, 9.17) is 18.9 Å². The van der Waals surface area contributed by atoms with Crippen LogP contribution in [0.5, 0.6) is 11.5 Å². The van der Waals surface area contributed by atoms with Gasteiger partial charge in [-0.05, 0) is 25.0 Å². The van der Waals surface area contributed by atoms with Gasteiger partial charge in [0.25, 0.3) is 0 Å². The van der Waals surface area contributed by atoms with E-state index < -0.39 is 0 Å². The average Bonchev–Trinajstić information content (AvgIpc) is 2.96. The molecule has 2 atom stereocenters. The Hall–Kier alpha value is -1.26. The van der Waals surface area contributed by atoms with E-state index in [-0.39, 0.29) is 0 Å². The Morgan fingerprint density at radius 1 is 0.895 bits per heavy atom. The van der Waals surface area contributed by atoms with Gasteiger partial charge in [-0.1, -0.05) is 26.0 Å². The van der Waals surface area contributed by atoms with Gasteiger partial charge >= 0.3 is 0 Å². The summed E-state index contributed by atoms with van der Waals surface area (Å²) in [6, 6.07) is 7.63. The molecular weight excluding hydrogens is 244 g/mol. The molecular formula is C15H22O4. The van der Waals surface area contributed by atoms with Crippen molar-refractivity contribution in [1.82, 2.24) is 0 Å². The molecule has 0 saturated carbocycles. The molecule has 4 heteroatoms. The molecule has 0 aromatic heterocycles. The Kier molecular flexibility index (Phi) is 5.48. The summed E-state index contributed by atoms with van der Waals surface area (Å²) in [4.78, 5) is 0. The number of para-hydroxylation sites is 2. The summed E-state index contributed by atoms with van der Waals surface area (Å²) in [6.07, 6.45) is 2.83. The first-order valence-corrected chi connectivity index (χ1v) is 6.93. The number of benzene rings is 1. The van der Waals surface area contributed by atoms with Crippen LogP contribution in [0.4, 0.5) is 0 Å². The molecule has 0 radical (unpaired) electrons. The third-order valence-electron chi connectivity index (χ3n) is 3.24. The lowest BCUT2D eigenvalue weighted by Crippen LogP contribution is -2.37. The number of hydrogen-bond donors (Lipinski definition) is 0. The third-order valence-corrected chi connectivity index (χ3v) is 3.24. The van der Waals surface area contributed by atoms with Gasteiger partial charge in [-0.2, -0.15) is 0 Å². The van der Waals surface area contributed by atoms with Crippen LogP contribution in [0.3, 0.4) is 0 Å². The summed E-state index contributed by atoms with van der Waals surface area (Å²) in [7, 11) is 0. The molecule has 2 aliphatic heterocycles. The van der Waals surface area contributed by atoms with E-state index >= 15 is 0 Å². The van der Waals surface area contributed by atoms with Crippen molar-refractivity contribution in [3.05, 3.63) is 24.3 Å². The van der Waals surface area contributed by atoms with Crippen LogP contribution in [0, 0.1) is 0 Å². The van der Waals surface area contributed by atoms with Gasteiger partial charge < -0.3 is 18.9 Å². The molecule has 0 N–H and O–H groups in total. The van der Waals surface area contributed by atoms with Crippen LogP contribution in [0.2, 0.25) is 0 Å². The predicted octanol–water partition coefficient (Wildman–Crippen LogP) is 3.01. The zero-order valence-electron chi connectivity index (χ0n) is 11.6. The Labute approximate surface area is 114 Å². The second-order valence-electron chi connectivity index (χ2n) is 4.49. The molecule has 0 bridgehead atoms. The molecule has 2 aliphatic rings. The molecule has 1 aromatic rings. The van der Waals surface area contributed by atoms with Crippen LogP contribution in [0.1, 0.15) is 26.7 Å². The van der Waals surface area contributed by atoms with Crippen LogP contribution in [0.15, 0.2) is 24.3 Å². The first-order valence-electron chi connectivity index (χ1n) is 6.93. The molecule has 0 spiro atoms. The topological polar surface area (TPSA) is 36.9 Å². The van der Waals surface area contributed by atoms with Crippen molar-refractivity contribution in [3.63, 3.8) is 0 Å². The lowest BCUT2D eigenvalue weighted by molar-refractivity contribution is -0.141. The molecule has 2 heterocycles. The Bertz CT molecular complexity index is 345. The monoisotopic (exact) mass is 266 g/mol. The van der Waals surface area contributed by atoms with Crippen LogP contribution >= 0.6 is 0 Å². The lowest BCUT2D eigenvalue weighted by atomic mass is 10.1. The fourth-order valence-electron chi connectivity index (χ4n) is 2.22. The highest BCUT2D eigenvalue weighted by Crippen LogP contribution is 2.30. The maximum Gasteiger partial charge on any atom is 0.231 e. The average molecular weight is 266 g/mol. The fourth-order valence-corrected chi connectivity index (χ4v) is 2.22. The van der Waals surface area contributed by atoms with Crippen molar-refractivity contribution >= 4 is 0 Å². The van der Waals surface area contributed by atoms with Gasteiger partial charge in [-0.25, -0.2) is 0 Å². The fraction of sp³-hybridized carbons (Fsp3) is 0.600. The quantitative estimate of drug-likeness (QED) is 0.824. The van der Waals surface area contributed by atoms with Crippen molar-refractivity contribution in [2.75, 3.05) is 20.0 Å². The zero-order valence-corrected chi connectivity index (χ0v) is 11.6. The van der Waals surface area contributed by atoms with Crippen LogP contribution in [-0.2, 0) is 9.47 Å². The minimum Gasteiger partial charge on any atom is -0.454 e. The third kappa shape index (κ3) is 3.85. The minimum atomic E-state index is 0.346. The zero-order chi connectivity index (χ0) is 13.5. The summed E-state index contributed by atoms with van der Waals surface area (Å²) >= 11 is 0. The SMILES string of the molecule is CCC1OCCOC1CC.c1ccc2c(c1)OCO2. The number of rotatable bonds is 2. The van der Waals surface area contributed by atoms with E-state index in [1.807, 2.05) is 24.3 Å². The van der Waals surface area contributed by atoms with Crippen molar-refractivity contribution in [2.45, 2.75) is 38.9 Å². The van der Waals surface area contributed by atoms with E-state index in [9.17, 15) is 0 Å². The molecule has 0 aliphatic carbocycles. The Morgan fingerprint density at radius 3 is 1.79 bits per heavy atom. The van der Waals surface area contributed by atoms with E-state index in [1.54, 1.807) is 0 Å². The number of ether oxygens (including phenoxy) is 4. The van der Waals surface area contributed by atoms with Gasteiger partial charge in [0, 0.05) is 0 Å². The molecule has 106 valence electrons. The van der Waals surface area contributed by atoms with Crippen molar-refractivity contribution in [3.8, 4) is 11.5 Å². The minimum absolute atomic E-state index is 0.346. The summed E-state index contributed by atoms with van der Waals surface area (Å²) in [6.45, 7) is 6.19. The van der Waals surface area contributed by atoms with E-state index in [2.05, 4.69) is 13.8 Å². The van der Waals surface area contributed by atoms with E-state index in [0.717, 1.165) is 37.6 Å². The molecule has 4 nitrogen and oxygen atoms in total. The van der Waals surface area contributed by atoms with Gasteiger partial charge in [-0.15, -0.1) is 0 Å². The lowest BCUT2D eigenvalue weighted by Gasteiger charge is -2.30. The maximum absolute atomic E-state index is 5.51. The van der Waals surface area contributed by atoms with E-state index in [0.29, 0.717) is 19.0 Å². The number of fused-ring (bicyclic) bond motifs is 1. The normalized spacial score (nSPS) is 24.5. The standard InChI is InChI=1S/C8H16O2.C7H6O2/c1-3-7-8(4-2)10-6-5-9-7;1-2-4-7-6(3-1)8-5-9-7/h7-8H,3-6H2,1-2H3;1-4H,5H2. The summed E-state index contributed by atoms with van der Waals surface area (Å²) in [5, 5.41) is 0. The van der Waals surface area contributed by atoms with E-state index in [1.165, 1.54) is 0 Å². The molecule has 0 amide bonds. The highest BCUT2D eigenvalue weighted by molar-refractivity contribution is 5.40. The molecule has 1 aromatic carbocycles. The second-order valence-corrected chi connectivity index (χ2v) is 4.49. The molecule has 2 unspecified atom stereocenters. The highest BCUT2D eigenvalue weighted by Gasteiger charge is 2.22. The maximum atomic E-state index is 5.51. The summed E-state index contributed by atoms with van der Waals surface area (Å²) < 4.78 is 21.2. The molecule has 1 saturated heterocycles. The molecule has 1 fully saturated rings. The van der Waals surface area contributed by atoms with Gasteiger partial charge in [-0.3, -0.25) is 0 Å². The number of hydrogen-bond acceptors (Lipinski definition) is 4. The van der Waals surface area contributed by atoms with Crippen molar-refractivity contribution in [1.29, 1.82) is 0 Å². The van der Waals surface area contributed by atoms with Crippen molar-refractivity contribution in [2.24, 2.45) is 0 Å². The van der Waals surface area contributed by atoms with Gasteiger partial charge in [0.1, 0.15) is 0 Å². The smallest absolute Gasteiger partial charge is 0.231 e. The first kappa shape index (κ1) is 14.2. The second kappa shape index (κ2) is 7.36. The first-order chi connectivity index (χ1) is 9.35. The van der Waals surface area contributed by atoms with Crippen LogP contribution in [0.25, 0.3) is 0 Å². The molecule has 19 heavy (non-hydrogen) atoms. The van der Waals surface area contributed by atoms with Crippen LogP contribution < -0.4 is 9.47 Å².